The molecule has 1 aromatic rings. The molecule has 0 aliphatic carbocycles. The molecule has 1 heterocycles. The number of fused-ring (bicyclic) bond motifs is 1. The first-order chi connectivity index (χ1) is 4.88. The molecule has 1 aliphatic heterocycles. The van der Waals surface area contributed by atoms with E-state index in [1.54, 1.807) is 6.07 Å². The first-order valence-corrected chi connectivity index (χ1v) is 3.13. The van der Waals surface area contributed by atoms with E-state index in [2.05, 4.69) is 0 Å². The highest BCUT2D eigenvalue weighted by molar-refractivity contribution is 5.93. The molecule has 1 aromatic carbocycles. The third-order valence-electron chi connectivity index (χ3n) is 1.60. The van der Waals surface area contributed by atoms with Crippen LogP contribution in [0.3, 0.4) is 0 Å². The Bertz CT molecular complexity index is 279. The van der Waals surface area contributed by atoms with Crippen molar-refractivity contribution in [3.8, 4) is 0 Å². The number of carbonyl (C=O) groups is 1. The summed E-state index contributed by atoms with van der Waals surface area (Å²) in [5.41, 5.74) is 1.70. The van der Waals surface area contributed by atoms with Gasteiger partial charge in [0, 0.05) is 13.0 Å². The molecule has 54 valence electrons. The molecule has 2 heteroatoms. The fourth-order valence-electron chi connectivity index (χ4n) is 1.07. The van der Waals surface area contributed by atoms with E-state index in [0.717, 1.165) is 5.56 Å². The van der Waals surface area contributed by atoms with Gasteiger partial charge in [0.2, 0.25) is 0 Å². The maximum atomic E-state index is 10.8. The van der Waals surface area contributed by atoms with Gasteiger partial charge in [-0.15, -0.1) is 0 Å². The van der Waals surface area contributed by atoms with Gasteiger partial charge in [0.1, 0.15) is 6.61 Å². The molecule has 0 bridgehead atoms. The lowest BCUT2D eigenvalue weighted by atomic mass is 10.1. The molecule has 4 radical (unpaired) electrons. The molecule has 0 amide bonds. The van der Waals surface area contributed by atoms with Crippen LogP contribution in [0, 0.1) is 7.43 Å². The van der Waals surface area contributed by atoms with E-state index < -0.39 is 0 Å². The van der Waals surface area contributed by atoms with Crippen molar-refractivity contribution < 1.29 is 9.53 Å². The maximum absolute atomic E-state index is 10.8. The molecule has 0 saturated carbocycles. The van der Waals surface area contributed by atoms with E-state index in [9.17, 15) is 4.79 Å². The van der Waals surface area contributed by atoms with Gasteiger partial charge in [0.05, 0.1) is 5.56 Å². The predicted octanol–water partition coefficient (Wildman–Crippen LogP) is 1.44. The second-order valence-electron chi connectivity index (χ2n) is 2.23. The van der Waals surface area contributed by atoms with Gasteiger partial charge in [0.15, 0.2) is 0 Å². The van der Waals surface area contributed by atoms with Gasteiger partial charge in [-0.2, -0.15) is 0 Å². The summed E-state index contributed by atoms with van der Waals surface area (Å²) in [5.74, 6) is -0.199. The molecule has 0 fully saturated rings. The molecule has 0 N–H and O–H groups in total. The number of hydrogen-bond acceptors (Lipinski definition) is 2. The summed E-state index contributed by atoms with van der Waals surface area (Å²) in [6, 6.07) is 7.43. The number of hydrogen-bond donors (Lipinski definition) is 0. The van der Waals surface area contributed by atoms with Crippen LogP contribution in [-0.2, 0) is 11.3 Å². The number of ether oxygens (including phenoxy) is 1. The Hall–Kier alpha value is -1.31. The number of benzene rings is 1. The summed E-state index contributed by atoms with van der Waals surface area (Å²) >= 11 is 0. The van der Waals surface area contributed by atoms with Crippen LogP contribution in [0.1, 0.15) is 15.9 Å². The average Bonchev–Trinajstić information content (AvgIpc) is 2.34. The maximum Gasteiger partial charge on any atom is 0.338 e. The van der Waals surface area contributed by atoms with Crippen LogP contribution in [-0.4, -0.2) is 5.97 Å². The topological polar surface area (TPSA) is 26.3 Å². The fraction of sp³-hybridized carbons (Fsp3) is 0.111. The zero-order valence-electron chi connectivity index (χ0n) is 5.83. The second-order valence-corrected chi connectivity index (χ2v) is 2.23. The number of carbonyl (C=O) groups excluding carboxylic acids is 1. The van der Waals surface area contributed by atoms with E-state index in [-0.39, 0.29) is 13.4 Å². The zero-order valence-corrected chi connectivity index (χ0v) is 5.83. The van der Waals surface area contributed by atoms with E-state index in [1.807, 2.05) is 18.2 Å². The Morgan fingerprint density at radius 3 is 2.73 bits per heavy atom. The Morgan fingerprint density at radius 2 is 2.00 bits per heavy atom. The van der Waals surface area contributed by atoms with E-state index in [0.29, 0.717) is 12.2 Å². The molecular formula is C9H6O2. The van der Waals surface area contributed by atoms with Crippen LogP contribution in [0.2, 0.25) is 0 Å². The summed E-state index contributed by atoms with van der Waals surface area (Å²) < 4.78 is 4.78. The third-order valence-corrected chi connectivity index (χ3v) is 1.60. The zero-order chi connectivity index (χ0) is 6.97. The standard InChI is InChI=1S/C8H6O2.C/c9-8-7-4-2-1-3-6(7)5-10-8;/h1-4H,5H2;. The van der Waals surface area contributed by atoms with Crippen molar-refractivity contribution in [2.24, 2.45) is 0 Å². The minimum Gasteiger partial charge on any atom is -0.457 e. The van der Waals surface area contributed by atoms with Crippen molar-refractivity contribution in [1.82, 2.24) is 0 Å². The molecule has 0 aromatic heterocycles. The van der Waals surface area contributed by atoms with Gasteiger partial charge in [-0.05, 0) is 6.07 Å². The highest BCUT2D eigenvalue weighted by atomic mass is 16.5. The van der Waals surface area contributed by atoms with Crippen molar-refractivity contribution in [3.05, 3.63) is 42.8 Å². The minimum absolute atomic E-state index is 0. The van der Waals surface area contributed by atoms with Crippen molar-refractivity contribution in [2.45, 2.75) is 6.61 Å². The van der Waals surface area contributed by atoms with Crippen LogP contribution in [0.25, 0.3) is 0 Å². The Labute approximate surface area is 65.8 Å². The van der Waals surface area contributed by atoms with Crippen molar-refractivity contribution in [1.29, 1.82) is 0 Å². The summed E-state index contributed by atoms with van der Waals surface area (Å²) in [5, 5.41) is 0. The molecule has 0 atom stereocenters. The SMILES string of the molecule is O=C1OCc2ccccc21.[C]. The normalized spacial score (nSPS) is 13.3. The molecule has 1 aliphatic rings. The summed E-state index contributed by atoms with van der Waals surface area (Å²) in [7, 11) is 0. The lowest BCUT2D eigenvalue weighted by molar-refractivity contribution is 0.0535. The Morgan fingerprint density at radius 1 is 1.27 bits per heavy atom. The van der Waals surface area contributed by atoms with Gasteiger partial charge in [0.25, 0.3) is 0 Å². The number of rotatable bonds is 0. The summed E-state index contributed by atoms with van der Waals surface area (Å²) in [4.78, 5) is 10.8. The van der Waals surface area contributed by atoms with E-state index >= 15 is 0 Å². The van der Waals surface area contributed by atoms with Gasteiger partial charge < -0.3 is 4.74 Å². The van der Waals surface area contributed by atoms with Crippen LogP contribution in [0.4, 0.5) is 0 Å². The molecule has 11 heavy (non-hydrogen) atoms. The van der Waals surface area contributed by atoms with Gasteiger partial charge in [-0.3, -0.25) is 0 Å². The smallest absolute Gasteiger partial charge is 0.338 e. The van der Waals surface area contributed by atoms with Gasteiger partial charge in [-0.25, -0.2) is 4.79 Å². The van der Waals surface area contributed by atoms with Crippen LogP contribution in [0.5, 0.6) is 0 Å². The molecule has 0 spiro atoms. The molecular weight excluding hydrogens is 140 g/mol. The lowest BCUT2D eigenvalue weighted by Gasteiger charge is -1.87. The van der Waals surface area contributed by atoms with E-state index in [4.69, 9.17) is 4.74 Å². The van der Waals surface area contributed by atoms with Crippen molar-refractivity contribution in [2.75, 3.05) is 0 Å². The molecule has 0 unspecified atom stereocenters. The first-order valence-electron chi connectivity index (χ1n) is 3.13. The van der Waals surface area contributed by atoms with Crippen LogP contribution in [0.15, 0.2) is 24.3 Å². The predicted molar refractivity (Wildman–Crippen MR) is 38.8 cm³/mol. The molecule has 0 saturated heterocycles. The number of esters is 1. The van der Waals surface area contributed by atoms with Crippen molar-refractivity contribution >= 4 is 5.97 Å². The Balaban J connectivity index is 0.000000605. The monoisotopic (exact) mass is 146 g/mol. The molecule has 2 nitrogen and oxygen atoms in total. The third kappa shape index (κ3) is 1.11. The second kappa shape index (κ2) is 2.74. The number of cyclic esters (lactones) is 1. The summed E-state index contributed by atoms with van der Waals surface area (Å²) in [6.07, 6.45) is 0. The van der Waals surface area contributed by atoms with Crippen LogP contribution < -0.4 is 0 Å². The quantitative estimate of drug-likeness (QED) is 0.517. The van der Waals surface area contributed by atoms with Gasteiger partial charge in [-0.1, -0.05) is 18.2 Å². The molecule has 2 rings (SSSR count). The van der Waals surface area contributed by atoms with Crippen molar-refractivity contribution in [3.63, 3.8) is 0 Å². The minimum atomic E-state index is -0.199. The lowest BCUT2D eigenvalue weighted by Crippen LogP contribution is -1.91. The fourth-order valence-corrected chi connectivity index (χ4v) is 1.07. The average molecular weight is 146 g/mol. The van der Waals surface area contributed by atoms with E-state index in [1.165, 1.54) is 0 Å². The first kappa shape index (κ1) is 7.79. The largest absolute Gasteiger partial charge is 0.457 e. The van der Waals surface area contributed by atoms with Crippen LogP contribution >= 0.6 is 0 Å². The summed E-state index contributed by atoms with van der Waals surface area (Å²) in [6.45, 7) is 0.439. The van der Waals surface area contributed by atoms with Gasteiger partial charge >= 0.3 is 5.97 Å². The highest BCUT2D eigenvalue weighted by Crippen LogP contribution is 2.17. The highest BCUT2D eigenvalue weighted by Gasteiger charge is 2.18. The Kier molecular flexibility index (Phi) is 1.94.